The molecule has 0 unspecified atom stereocenters. The van der Waals surface area contributed by atoms with Crippen LogP contribution in [0.25, 0.3) is 0 Å². The van der Waals surface area contributed by atoms with Crippen molar-refractivity contribution in [3.05, 3.63) is 65.2 Å². The number of nitrogens with zero attached hydrogens (tertiary/aromatic N) is 1. The topological polar surface area (TPSA) is 110 Å². The lowest BCUT2D eigenvalue weighted by molar-refractivity contribution is -0.143. The molecule has 0 atom stereocenters. The summed E-state index contributed by atoms with van der Waals surface area (Å²) in [7, 11) is -3.69. The second-order valence-corrected chi connectivity index (χ2v) is 10.7. The number of amides is 2. The van der Waals surface area contributed by atoms with Crippen molar-refractivity contribution < 1.29 is 27.5 Å². The Balaban J connectivity index is 1.54. The molecular formula is C24H28N2O6S. The summed E-state index contributed by atoms with van der Waals surface area (Å²) >= 11 is 0. The SMILES string of the molecule is CC(C)(C)c1ccc(S(=O)(=O)NCc2ccc(C(=O)OCC(=O)N3CCCC3=O)cc2)cc1. The second-order valence-electron chi connectivity index (χ2n) is 8.91. The molecule has 1 heterocycles. The molecule has 1 aliphatic heterocycles. The summed E-state index contributed by atoms with van der Waals surface area (Å²) in [5, 5.41) is 0. The first-order valence-electron chi connectivity index (χ1n) is 10.7. The lowest BCUT2D eigenvalue weighted by Crippen LogP contribution is -2.35. The number of carbonyl (C=O) groups is 3. The average molecular weight is 473 g/mol. The molecule has 3 rings (SSSR count). The van der Waals surface area contributed by atoms with Crippen LogP contribution in [-0.2, 0) is 36.3 Å². The van der Waals surface area contributed by atoms with Gasteiger partial charge in [0.15, 0.2) is 6.61 Å². The summed E-state index contributed by atoms with van der Waals surface area (Å²) in [5.74, 6) is -1.48. The summed E-state index contributed by atoms with van der Waals surface area (Å²) in [6.45, 7) is 6.07. The molecule has 2 aromatic rings. The van der Waals surface area contributed by atoms with E-state index < -0.39 is 28.5 Å². The Labute approximate surface area is 194 Å². The molecular weight excluding hydrogens is 444 g/mol. The third-order valence-electron chi connectivity index (χ3n) is 5.39. The number of benzene rings is 2. The molecule has 0 radical (unpaired) electrons. The maximum Gasteiger partial charge on any atom is 0.338 e. The Morgan fingerprint density at radius 1 is 1.03 bits per heavy atom. The third kappa shape index (κ3) is 6.27. The van der Waals surface area contributed by atoms with Crippen LogP contribution in [-0.4, -0.2) is 44.3 Å². The largest absolute Gasteiger partial charge is 0.452 e. The number of likely N-dealkylation sites (tertiary alicyclic amines) is 1. The summed E-state index contributed by atoms with van der Waals surface area (Å²) in [5.41, 5.74) is 1.84. The van der Waals surface area contributed by atoms with E-state index in [1.807, 2.05) is 0 Å². The minimum Gasteiger partial charge on any atom is -0.452 e. The molecule has 2 amide bonds. The van der Waals surface area contributed by atoms with Gasteiger partial charge in [-0.1, -0.05) is 45.0 Å². The van der Waals surface area contributed by atoms with Crippen LogP contribution in [0.15, 0.2) is 53.4 Å². The molecule has 1 aliphatic rings. The molecule has 176 valence electrons. The Hall–Kier alpha value is -3.04. The Bertz CT molecular complexity index is 1130. The van der Waals surface area contributed by atoms with Crippen LogP contribution in [0.2, 0.25) is 0 Å². The normalized spacial score (nSPS) is 14.4. The van der Waals surface area contributed by atoms with Crippen LogP contribution in [0, 0.1) is 0 Å². The van der Waals surface area contributed by atoms with E-state index in [0.717, 1.165) is 10.5 Å². The smallest absolute Gasteiger partial charge is 0.338 e. The van der Waals surface area contributed by atoms with Crippen molar-refractivity contribution in [1.82, 2.24) is 9.62 Å². The second kappa shape index (κ2) is 9.84. The summed E-state index contributed by atoms with van der Waals surface area (Å²) < 4.78 is 32.7. The highest BCUT2D eigenvalue weighted by Gasteiger charge is 2.27. The standard InChI is InChI=1S/C24H28N2O6S/c1-24(2,3)19-10-12-20(13-11-19)33(30,31)25-15-17-6-8-18(9-7-17)23(29)32-16-22(28)26-14-4-5-21(26)27/h6-13,25H,4-5,14-16H2,1-3H3. The fourth-order valence-corrected chi connectivity index (χ4v) is 4.37. The van der Waals surface area contributed by atoms with Crippen molar-refractivity contribution >= 4 is 27.8 Å². The Kier molecular flexibility index (Phi) is 7.34. The van der Waals surface area contributed by atoms with Crippen LogP contribution >= 0.6 is 0 Å². The van der Waals surface area contributed by atoms with Gasteiger partial charge in [0.25, 0.3) is 5.91 Å². The first-order valence-corrected chi connectivity index (χ1v) is 12.2. The number of rotatable bonds is 7. The van der Waals surface area contributed by atoms with Crippen molar-refractivity contribution in [1.29, 1.82) is 0 Å². The van der Waals surface area contributed by atoms with E-state index in [2.05, 4.69) is 25.5 Å². The van der Waals surface area contributed by atoms with Crippen molar-refractivity contribution in [3.63, 3.8) is 0 Å². The van der Waals surface area contributed by atoms with Gasteiger partial charge in [0.1, 0.15) is 0 Å². The summed E-state index contributed by atoms with van der Waals surface area (Å²) in [6, 6.07) is 13.0. The fraction of sp³-hybridized carbons (Fsp3) is 0.375. The van der Waals surface area contributed by atoms with Gasteiger partial charge in [-0.05, 0) is 47.2 Å². The van der Waals surface area contributed by atoms with E-state index in [4.69, 9.17) is 4.74 Å². The Morgan fingerprint density at radius 2 is 1.67 bits per heavy atom. The maximum absolute atomic E-state index is 12.6. The quantitative estimate of drug-likeness (QED) is 0.621. The fourth-order valence-electron chi connectivity index (χ4n) is 3.35. The van der Waals surface area contributed by atoms with E-state index in [1.54, 1.807) is 36.4 Å². The van der Waals surface area contributed by atoms with Gasteiger partial charge in [0.2, 0.25) is 15.9 Å². The van der Waals surface area contributed by atoms with Crippen molar-refractivity contribution in [2.45, 2.75) is 50.5 Å². The minimum atomic E-state index is -3.69. The lowest BCUT2D eigenvalue weighted by Gasteiger charge is -2.19. The van der Waals surface area contributed by atoms with Crippen LogP contribution in [0.1, 0.15) is 55.1 Å². The first-order chi connectivity index (χ1) is 15.5. The molecule has 0 aromatic heterocycles. The number of hydrogen-bond acceptors (Lipinski definition) is 6. The van der Waals surface area contributed by atoms with Crippen LogP contribution in [0.4, 0.5) is 0 Å². The predicted molar refractivity (Wildman–Crippen MR) is 122 cm³/mol. The molecule has 8 nitrogen and oxygen atoms in total. The summed E-state index contributed by atoms with van der Waals surface area (Å²) in [6.07, 6.45) is 0.944. The molecule has 0 saturated carbocycles. The molecule has 1 saturated heterocycles. The monoisotopic (exact) mass is 472 g/mol. The number of imide groups is 1. The van der Waals surface area contributed by atoms with E-state index in [9.17, 15) is 22.8 Å². The van der Waals surface area contributed by atoms with Crippen LogP contribution in [0.3, 0.4) is 0 Å². The molecule has 0 bridgehead atoms. The van der Waals surface area contributed by atoms with E-state index in [1.165, 1.54) is 12.1 Å². The van der Waals surface area contributed by atoms with Crippen LogP contribution < -0.4 is 4.72 Å². The maximum atomic E-state index is 12.6. The van der Waals surface area contributed by atoms with Gasteiger partial charge in [-0.3, -0.25) is 14.5 Å². The van der Waals surface area contributed by atoms with Gasteiger partial charge >= 0.3 is 5.97 Å². The highest BCUT2D eigenvalue weighted by molar-refractivity contribution is 7.89. The highest BCUT2D eigenvalue weighted by Crippen LogP contribution is 2.23. The molecule has 2 aromatic carbocycles. The van der Waals surface area contributed by atoms with Gasteiger partial charge in [0, 0.05) is 19.5 Å². The first kappa shape index (κ1) is 24.6. The van der Waals surface area contributed by atoms with Gasteiger partial charge in [-0.25, -0.2) is 17.9 Å². The van der Waals surface area contributed by atoms with Crippen molar-refractivity contribution in [3.8, 4) is 0 Å². The number of sulfonamides is 1. The number of esters is 1. The zero-order valence-corrected chi connectivity index (χ0v) is 19.8. The molecule has 0 aliphatic carbocycles. The van der Waals surface area contributed by atoms with E-state index in [0.29, 0.717) is 24.9 Å². The average Bonchev–Trinajstić information content (AvgIpc) is 3.21. The number of ether oxygens (including phenoxy) is 1. The predicted octanol–water partition coefficient (Wildman–Crippen LogP) is 2.77. The van der Waals surface area contributed by atoms with Crippen LogP contribution in [0.5, 0.6) is 0 Å². The van der Waals surface area contributed by atoms with Gasteiger partial charge in [-0.2, -0.15) is 0 Å². The van der Waals surface area contributed by atoms with E-state index >= 15 is 0 Å². The molecule has 0 spiro atoms. The number of hydrogen-bond donors (Lipinski definition) is 1. The molecule has 1 N–H and O–H groups in total. The third-order valence-corrected chi connectivity index (χ3v) is 6.80. The highest BCUT2D eigenvalue weighted by atomic mass is 32.2. The molecule has 1 fully saturated rings. The zero-order valence-electron chi connectivity index (χ0n) is 19.0. The zero-order chi connectivity index (χ0) is 24.2. The van der Waals surface area contributed by atoms with Gasteiger partial charge in [0.05, 0.1) is 10.5 Å². The van der Waals surface area contributed by atoms with Crippen molar-refractivity contribution in [2.75, 3.05) is 13.2 Å². The van der Waals surface area contributed by atoms with Gasteiger partial charge in [-0.15, -0.1) is 0 Å². The lowest BCUT2D eigenvalue weighted by atomic mass is 9.87. The molecule has 33 heavy (non-hydrogen) atoms. The van der Waals surface area contributed by atoms with E-state index in [-0.39, 0.29) is 28.3 Å². The number of nitrogens with one attached hydrogen (secondary N) is 1. The van der Waals surface area contributed by atoms with Crippen molar-refractivity contribution in [2.24, 2.45) is 0 Å². The number of carbonyl (C=O) groups excluding carboxylic acids is 3. The molecule has 9 heteroatoms. The summed E-state index contributed by atoms with van der Waals surface area (Å²) in [4.78, 5) is 37.0. The van der Waals surface area contributed by atoms with Gasteiger partial charge < -0.3 is 4.74 Å². The minimum absolute atomic E-state index is 0.0498. The Morgan fingerprint density at radius 3 is 2.21 bits per heavy atom.